The first-order chi connectivity index (χ1) is 9.47. The third-order valence-electron chi connectivity index (χ3n) is 2.60. The zero-order chi connectivity index (χ0) is 14.7. The molecule has 20 heavy (non-hydrogen) atoms. The van der Waals surface area contributed by atoms with E-state index in [1.807, 2.05) is 0 Å². The molecule has 8 nitrogen and oxygen atoms in total. The molecule has 9 heteroatoms. The van der Waals surface area contributed by atoms with Crippen molar-refractivity contribution in [3.63, 3.8) is 0 Å². The average molecular weight is 297 g/mol. The lowest BCUT2D eigenvalue weighted by Gasteiger charge is -2.12. The van der Waals surface area contributed by atoms with Crippen LogP contribution in [0, 0.1) is 0 Å². The molecule has 0 bridgehead atoms. The Morgan fingerprint density at radius 2 is 2.35 bits per heavy atom. The number of anilines is 1. The molecule has 0 aromatic carbocycles. The standard InChI is InChI=1S/C11H13ClN6O2/c1-18-5-6(3-15-18)8(19)4-14-11-7(10(13)20)2-9(12)16-17-11/h2-3,5,8,19H,4H2,1H3,(H2,13,20)(H,14,17). The molecule has 4 N–H and O–H groups in total. The van der Waals surface area contributed by atoms with E-state index >= 15 is 0 Å². The average Bonchev–Trinajstić information content (AvgIpc) is 2.83. The lowest BCUT2D eigenvalue weighted by atomic mass is 10.2. The summed E-state index contributed by atoms with van der Waals surface area (Å²) in [6.45, 7) is 0.127. The van der Waals surface area contributed by atoms with Crippen LogP contribution in [0.5, 0.6) is 0 Å². The molecule has 0 fully saturated rings. The molecule has 0 radical (unpaired) electrons. The molecule has 1 amide bonds. The number of aromatic nitrogens is 4. The molecule has 106 valence electrons. The van der Waals surface area contributed by atoms with Crippen LogP contribution in [0.3, 0.4) is 0 Å². The Morgan fingerprint density at radius 1 is 1.60 bits per heavy atom. The van der Waals surface area contributed by atoms with Gasteiger partial charge in [0.25, 0.3) is 5.91 Å². The summed E-state index contributed by atoms with van der Waals surface area (Å²) in [5.41, 5.74) is 5.98. The molecule has 0 saturated carbocycles. The summed E-state index contributed by atoms with van der Waals surface area (Å²) in [6.07, 6.45) is 2.44. The summed E-state index contributed by atoms with van der Waals surface area (Å²) in [6, 6.07) is 1.32. The quantitative estimate of drug-likeness (QED) is 0.720. The van der Waals surface area contributed by atoms with Crippen molar-refractivity contribution in [3.05, 3.63) is 34.7 Å². The van der Waals surface area contributed by atoms with Crippen LogP contribution in [-0.4, -0.2) is 37.5 Å². The third-order valence-corrected chi connectivity index (χ3v) is 2.79. The number of aliphatic hydroxyl groups excluding tert-OH is 1. The Hall–Kier alpha value is -2.19. The minimum atomic E-state index is -0.804. The van der Waals surface area contributed by atoms with E-state index in [0.29, 0.717) is 5.56 Å². The molecule has 1 atom stereocenters. The number of nitrogens with zero attached hydrogens (tertiary/aromatic N) is 4. The molecule has 0 aliphatic rings. The van der Waals surface area contributed by atoms with Crippen molar-refractivity contribution >= 4 is 23.3 Å². The second-order valence-corrected chi connectivity index (χ2v) is 4.52. The number of nitrogens with one attached hydrogen (secondary N) is 1. The van der Waals surface area contributed by atoms with Gasteiger partial charge in [0.1, 0.15) is 0 Å². The van der Waals surface area contributed by atoms with Gasteiger partial charge in [-0.05, 0) is 6.07 Å². The number of nitrogens with two attached hydrogens (primary N) is 1. The van der Waals surface area contributed by atoms with E-state index in [2.05, 4.69) is 20.6 Å². The van der Waals surface area contributed by atoms with Crippen LogP contribution in [0.15, 0.2) is 18.5 Å². The maximum Gasteiger partial charge on any atom is 0.252 e. The van der Waals surface area contributed by atoms with Crippen molar-refractivity contribution in [1.82, 2.24) is 20.0 Å². The van der Waals surface area contributed by atoms with E-state index < -0.39 is 12.0 Å². The molecular formula is C11H13ClN6O2. The second kappa shape index (κ2) is 5.85. The van der Waals surface area contributed by atoms with Crippen molar-refractivity contribution < 1.29 is 9.90 Å². The van der Waals surface area contributed by atoms with Gasteiger partial charge in [-0.3, -0.25) is 9.48 Å². The summed E-state index contributed by atoms with van der Waals surface area (Å²) in [4.78, 5) is 11.3. The third kappa shape index (κ3) is 3.22. The van der Waals surface area contributed by atoms with Crippen molar-refractivity contribution in [1.29, 1.82) is 0 Å². The van der Waals surface area contributed by atoms with Gasteiger partial charge in [0.2, 0.25) is 0 Å². The van der Waals surface area contributed by atoms with E-state index in [0.717, 1.165) is 0 Å². The largest absolute Gasteiger partial charge is 0.386 e. The molecule has 0 saturated heterocycles. The number of hydrogen-bond donors (Lipinski definition) is 3. The van der Waals surface area contributed by atoms with Gasteiger partial charge in [-0.15, -0.1) is 10.2 Å². The number of carbonyl (C=O) groups excluding carboxylic acids is 1. The van der Waals surface area contributed by atoms with Crippen LogP contribution >= 0.6 is 11.6 Å². The van der Waals surface area contributed by atoms with Crippen LogP contribution in [0.4, 0.5) is 5.82 Å². The minimum Gasteiger partial charge on any atom is -0.386 e. The number of hydrogen-bond acceptors (Lipinski definition) is 6. The normalized spacial score (nSPS) is 12.2. The zero-order valence-electron chi connectivity index (χ0n) is 10.6. The molecule has 0 aliphatic heterocycles. The fraction of sp³-hybridized carbons (Fsp3) is 0.273. The van der Waals surface area contributed by atoms with Crippen LogP contribution in [0.2, 0.25) is 5.15 Å². The van der Waals surface area contributed by atoms with Crippen LogP contribution in [0.1, 0.15) is 22.0 Å². The smallest absolute Gasteiger partial charge is 0.252 e. The topological polar surface area (TPSA) is 119 Å². The van der Waals surface area contributed by atoms with Gasteiger partial charge in [0.05, 0.1) is 17.9 Å². The van der Waals surface area contributed by atoms with Gasteiger partial charge in [0, 0.05) is 25.4 Å². The van der Waals surface area contributed by atoms with Gasteiger partial charge in [-0.25, -0.2) is 0 Å². The first-order valence-corrected chi connectivity index (χ1v) is 6.08. The second-order valence-electron chi connectivity index (χ2n) is 4.14. The van der Waals surface area contributed by atoms with Gasteiger partial charge >= 0.3 is 0 Å². The molecule has 2 rings (SSSR count). The fourth-order valence-electron chi connectivity index (χ4n) is 1.61. The van der Waals surface area contributed by atoms with Crippen molar-refractivity contribution in [2.75, 3.05) is 11.9 Å². The Morgan fingerprint density at radius 3 is 2.95 bits per heavy atom. The van der Waals surface area contributed by atoms with E-state index in [9.17, 15) is 9.90 Å². The highest BCUT2D eigenvalue weighted by Gasteiger charge is 2.14. The molecular weight excluding hydrogens is 284 g/mol. The van der Waals surface area contributed by atoms with Crippen LogP contribution in [0.25, 0.3) is 0 Å². The Labute approximate surface area is 119 Å². The minimum absolute atomic E-state index is 0.0668. The molecule has 2 aromatic heterocycles. The number of amides is 1. The number of aliphatic hydroxyl groups is 1. The summed E-state index contributed by atoms with van der Waals surface area (Å²) in [7, 11) is 1.75. The first kappa shape index (κ1) is 14.2. The first-order valence-electron chi connectivity index (χ1n) is 5.71. The van der Waals surface area contributed by atoms with E-state index in [1.54, 1.807) is 24.1 Å². The molecule has 2 heterocycles. The number of rotatable bonds is 5. The highest BCUT2D eigenvalue weighted by atomic mass is 35.5. The van der Waals surface area contributed by atoms with Crippen molar-refractivity contribution in [2.45, 2.75) is 6.10 Å². The van der Waals surface area contributed by atoms with Crippen LogP contribution in [-0.2, 0) is 7.05 Å². The van der Waals surface area contributed by atoms with E-state index in [1.165, 1.54) is 6.07 Å². The summed E-state index contributed by atoms with van der Waals surface area (Å²) in [5.74, 6) is -0.509. The van der Waals surface area contributed by atoms with E-state index in [4.69, 9.17) is 17.3 Å². The highest BCUT2D eigenvalue weighted by Crippen LogP contribution is 2.17. The number of halogens is 1. The molecule has 1 unspecified atom stereocenters. The number of carbonyl (C=O) groups is 1. The van der Waals surface area contributed by atoms with E-state index in [-0.39, 0.29) is 23.1 Å². The monoisotopic (exact) mass is 296 g/mol. The number of primary amides is 1. The van der Waals surface area contributed by atoms with Crippen molar-refractivity contribution in [2.24, 2.45) is 12.8 Å². The number of aryl methyl sites for hydroxylation is 1. The van der Waals surface area contributed by atoms with Gasteiger partial charge in [0.15, 0.2) is 11.0 Å². The maximum absolute atomic E-state index is 11.3. The molecule has 0 spiro atoms. The van der Waals surface area contributed by atoms with Gasteiger partial charge in [-0.1, -0.05) is 11.6 Å². The van der Waals surface area contributed by atoms with Gasteiger partial charge < -0.3 is 16.2 Å². The fourth-order valence-corrected chi connectivity index (χ4v) is 1.76. The lowest BCUT2D eigenvalue weighted by molar-refractivity contribution is 0.100. The summed E-state index contributed by atoms with van der Waals surface area (Å²) in [5, 5.41) is 24.2. The SMILES string of the molecule is Cn1cc(C(O)CNc2nnc(Cl)cc2C(N)=O)cn1. The van der Waals surface area contributed by atoms with Gasteiger partial charge in [-0.2, -0.15) is 5.10 Å². The predicted octanol–water partition coefficient (Wildman–Crippen LogP) is 0.108. The Kier molecular flexibility index (Phi) is 4.16. The van der Waals surface area contributed by atoms with Crippen LogP contribution < -0.4 is 11.1 Å². The maximum atomic E-state index is 11.3. The van der Waals surface area contributed by atoms with Crippen molar-refractivity contribution in [3.8, 4) is 0 Å². The lowest BCUT2D eigenvalue weighted by Crippen LogP contribution is -2.19. The Balaban J connectivity index is 2.09. The summed E-state index contributed by atoms with van der Waals surface area (Å²) < 4.78 is 1.58. The highest BCUT2D eigenvalue weighted by molar-refractivity contribution is 6.29. The zero-order valence-corrected chi connectivity index (χ0v) is 11.4. The molecule has 0 aliphatic carbocycles. The molecule has 2 aromatic rings. The Bertz CT molecular complexity index is 629. The summed E-state index contributed by atoms with van der Waals surface area (Å²) >= 11 is 5.65. The predicted molar refractivity (Wildman–Crippen MR) is 72.2 cm³/mol.